The predicted molar refractivity (Wildman–Crippen MR) is 105 cm³/mol. The van der Waals surface area contributed by atoms with E-state index in [1.807, 2.05) is 30.5 Å². The van der Waals surface area contributed by atoms with Crippen molar-refractivity contribution in [2.24, 2.45) is 0 Å². The first-order valence-electron chi connectivity index (χ1n) is 8.84. The molecule has 1 aromatic carbocycles. The number of aliphatic hydroxyl groups is 1. The molecule has 4 heteroatoms. The van der Waals surface area contributed by atoms with Crippen molar-refractivity contribution in [2.45, 2.75) is 32.2 Å². The molecule has 0 spiro atoms. The van der Waals surface area contributed by atoms with E-state index in [4.69, 9.17) is 5.11 Å². The minimum atomic E-state index is -0.0118. The maximum atomic E-state index is 12.7. The summed E-state index contributed by atoms with van der Waals surface area (Å²) in [5.41, 5.74) is 2.46. The van der Waals surface area contributed by atoms with Gasteiger partial charge in [-0.15, -0.1) is 0 Å². The van der Waals surface area contributed by atoms with E-state index in [-0.39, 0.29) is 18.8 Å². The van der Waals surface area contributed by atoms with Crippen LogP contribution < -0.4 is 0 Å². The normalized spacial score (nSPS) is 11.6. The first-order chi connectivity index (χ1) is 12.7. The monoisotopic (exact) mass is 351 g/mol. The highest BCUT2D eigenvalue weighted by Crippen LogP contribution is 2.24. The fraction of sp³-hybridized carbons (Fsp3) is 0.273. The first-order valence-corrected chi connectivity index (χ1v) is 8.84. The number of rotatable bonds is 11. The van der Waals surface area contributed by atoms with E-state index in [9.17, 15) is 9.59 Å². The number of hydrogen-bond donors (Lipinski definition) is 1. The number of carbonyl (C=O) groups excluding carboxylic acids is 2. The van der Waals surface area contributed by atoms with Crippen LogP contribution in [0.2, 0.25) is 0 Å². The van der Waals surface area contributed by atoms with Crippen molar-refractivity contribution >= 4 is 23.0 Å². The van der Waals surface area contributed by atoms with Crippen LogP contribution in [0.5, 0.6) is 0 Å². The zero-order chi connectivity index (χ0) is 18.8. The van der Waals surface area contributed by atoms with Crippen LogP contribution in [0.4, 0.5) is 0 Å². The quantitative estimate of drug-likeness (QED) is 0.285. The van der Waals surface area contributed by atoms with Crippen LogP contribution in [0.15, 0.2) is 66.9 Å². The molecule has 0 aliphatic heterocycles. The fourth-order valence-electron chi connectivity index (χ4n) is 2.86. The predicted octanol–water partition coefficient (Wildman–Crippen LogP) is 4.24. The number of allylic oxidation sites excluding steroid dienone is 4. The molecule has 0 aliphatic carbocycles. The van der Waals surface area contributed by atoms with Crippen LogP contribution in [-0.4, -0.2) is 28.3 Å². The molecule has 26 heavy (non-hydrogen) atoms. The number of aliphatic hydroxyl groups excluding tert-OH is 1. The lowest BCUT2D eigenvalue weighted by atomic mass is 10.0. The lowest BCUT2D eigenvalue weighted by Crippen LogP contribution is -2.00. The number of aromatic nitrogens is 1. The van der Waals surface area contributed by atoms with Gasteiger partial charge >= 0.3 is 0 Å². The Bertz CT molecular complexity index is 827. The molecule has 0 saturated carbocycles. The molecule has 2 aromatic rings. The Hall–Kier alpha value is -2.72. The molecule has 136 valence electrons. The first kappa shape index (κ1) is 19.6. The van der Waals surface area contributed by atoms with Gasteiger partial charge in [0.15, 0.2) is 5.78 Å². The van der Waals surface area contributed by atoms with Gasteiger partial charge in [-0.05, 0) is 24.5 Å². The van der Waals surface area contributed by atoms with E-state index < -0.39 is 0 Å². The summed E-state index contributed by atoms with van der Waals surface area (Å²) in [6.07, 6.45) is 12.3. The zero-order valence-corrected chi connectivity index (χ0v) is 14.9. The lowest BCUT2D eigenvalue weighted by Gasteiger charge is -2.03. The minimum absolute atomic E-state index is 0.0118. The summed E-state index contributed by atoms with van der Waals surface area (Å²) in [5, 5.41) is 9.65. The topological polar surface area (TPSA) is 59.3 Å². The summed E-state index contributed by atoms with van der Waals surface area (Å²) < 4.78 is 2.09. The molecule has 2 rings (SSSR count). The van der Waals surface area contributed by atoms with Crippen LogP contribution in [-0.2, 0) is 11.3 Å². The second-order valence-corrected chi connectivity index (χ2v) is 6.14. The molecule has 0 aliphatic rings. The third-order valence-corrected chi connectivity index (χ3v) is 4.13. The number of hydrogen-bond acceptors (Lipinski definition) is 3. The van der Waals surface area contributed by atoms with Gasteiger partial charge in [0.05, 0.1) is 6.61 Å². The number of nitrogens with zero attached hydrogens (tertiary/aromatic N) is 1. The maximum absolute atomic E-state index is 12.7. The van der Waals surface area contributed by atoms with Crippen molar-refractivity contribution in [2.75, 3.05) is 6.61 Å². The number of Topliss-reactive ketones (excluding diaryl/α,β-unsaturated/α-hetero) is 1. The van der Waals surface area contributed by atoms with Gasteiger partial charge in [0.25, 0.3) is 0 Å². The average Bonchev–Trinajstić information content (AvgIpc) is 3.01. The number of para-hydroxylation sites is 1. The largest absolute Gasteiger partial charge is 0.392 e. The van der Waals surface area contributed by atoms with Gasteiger partial charge < -0.3 is 14.5 Å². The van der Waals surface area contributed by atoms with Crippen LogP contribution in [0.1, 0.15) is 36.0 Å². The van der Waals surface area contributed by atoms with E-state index in [0.717, 1.165) is 42.1 Å². The Labute approximate surface area is 154 Å². The molecule has 4 nitrogen and oxygen atoms in total. The Kier molecular flexibility index (Phi) is 7.77. The molecule has 0 saturated heterocycles. The van der Waals surface area contributed by atoms with Crippen LogP contribution in [0, 0.1) is 0 Å². The highest BCUT2D eigenvalue weighted by atomic mass is 16.2. The third-order valence-electron chi connectivity index (χ3n) is 4.13. The van der Waals surface area contributed by atoms with Gasteiger partial charge in [-0.25, -0.2) is 0 Å². The Morgan fingerprint density at radius 3 is 2.77 bits per heavy atom. The second kappa shape index (κ2) is 10.3. The van der Waals surface area contributed by atoms with Gasteiger partial charge in [0.1, 0.15) is 6.29 Å². The molecule has 0 amide bonds. The number of aryl methyl sites for hydroxylation is 1. The van der Waals surface area contributed by atoms with E-state index in [1.54, 1.807) is 24.3 Å². The Morgan fingerprint density at radius 2 is 2.00 bits per heavy atom. The fourth-order valence-corrected chi connectivity index (χ4v) is 2.86. The minimum Gasteiger partial charge on any atom is -0.392 e. The molecule has 1 N–H and O–H groups in total. The van der Waals surface area contributed by atoms with E-state index in [2.05, 4.69) is 11.1 Å². The van der Waals surface area contributed by atoms with Crippen LogP contribution >= 0.6 is 0 Å². The molecule has 0 unspecified atom stereocenters. The highest BCUT2D eigenvalue weighted by Gasteiger charge is 2.15. The third kappa shape index (κ3) is 5.39. The average molecular weight is 351 g/mol. The van der Waals surface area contributed by atoms with Crippen molar-refractivity contribution in [3.05, 3.63) is 72.5 Å². The number of unbranched alkanes of at least 4 members (excludes halogenated alkanes) is 2. The standard InChI is InChI=1S/C22H25NO3/c1-18(10-4-2-8-14-24)16-22(26)20-17-23(13-7-3-9-15-25)21-12-6-5-11-19(20)21/h2,4-6,8,10-12,15,17,24H,1,3,7,9,13-14,16H2/b8-2-,10-4-. The van der Waals surface area contributed by atoms with Crippen LogP contribution in [0.3, 0.4) is 0 Å². The highest BCUT2D eigenvalue weighted by molar-refractivity contribution is 6.09. The molecule has 1 heterocycles. The summed E-state index contributed by atoms with van der Waals surface area (Å²) in [6, 6.07) is 7.88. The SMILES string of the molecule is C=C(/C=C\C=C/CO)CC(=O)c1cn(CCCCC=O)c2ccccc12. The van der Waals surface area contributed by atoms with Gasteiger partial charge in [-0.3, -0.25) is 4.79 Å². The smallest absolute Gasteiger partial charge is 0.169 e. The summed E-state index contributed by atoms with van der Waals surface area (Å²) in [4.78, 5) is 23.2. The van der Waals surface area contributed by atoms with Gasteiger partial charge in [0, 0.05) is 42.0 Å². The zero-order valence-electron chi connectivity index (χ0n) is 14.9. The molecule has 0 atom stereocenters. The van der Waals surface area contributed by atoms with Gasteiger partial charge in [-0.1, -0.05) is 49.1 Å². The number of fused-ring (bicyclic) bond motifs is 1. The van der Waals surface area contributed by atoms with Crippen molar-refractivity contribution in [3.8, 4) is 0 Å². The Balaban J connectivity index is 2.13. The molecule has 1 aromatic heterocycles. The van der Waals surface area contributed by atoms with Gasteiger partial charge in [0.2, 0.25) is 0 Å². The number of benzene rings is 1. The second-order valence-electron chi connectivity index (χ2n) is 6.14. The van der Waals surface area contributed by atoms with E-state index in [0.29, 0.717) is 12.0 Å². The maximum Gasteiger partial charge on any atom is 0.169 e. The van der Waals surface area contributed by atoms with Crippen molar-refractivity contribution in [1.29, 1.82) is 0 Å². The van der Waals surface area contributed by atoms with Crippen molar-refractivity contribution in [3.63, 3.8) is 0 Å². The Morgan fingerprint density at radius 1 is 1.19 bits per heavy atom. The molecule has 0 fully saturated rings. The number of ketones is 1. The molecule has 0 radical (unpaired) electrons. The molecular weight excluding hydrogens is 326 g/mol. The van der Waals surface area contributed by atoms with Crippen LogP contribution in [0.25, 0.3) is 10.9 Å². The molecule has 0 bridgehead atoms. The number of aldehydes is 1. The summed E-state index contributed by atoms with van der Waals surface area (Å²) in [7, 11) is 0. The van der Waals surface area contributed by atoms with Crippen molar-refractivity contribution in [1.82, 2.24) is 4.57 Å². The summed E-state index contributed by atoms with van der Waals surface area (Å²) in [5.74, 6) is 0.0358. The summed E-state index contributed by atoms with van der Waals surface area (Å²) in [6.45, 7) is 4.71. The number of carbonyl (C=O) groups is 2. The lowest BCUT2D eigenvalue weighted by molar-refractivity contribution is -0.107. The van der Waals surface area contributed by atoms with E-state index >= 15 is 0 Å². The van der Waals surface area contributed by atoms with E-state index in [1.165, 1.54) is 0 Å². The van der Waals surface area contributed by atoms with Gasteiger partial charge in [-0.2, -0.15) is 0 Å². The molecular formula is C22H25NO3. The summed E-state index contributed by atoms with van der Waals surface area (Å²) >= 11 is 0. The van der Waals surface area contributed by atoms with Crippen molar-refractivity contribution < 1.29 is 14.7 Å².